The van der Waals surface area contributed by atoms with Crippen molar-refractivity contribution in [2.45, 2.75) is 26.4 Å². The standard InChI is InChI=1S/C9H17NO5.Cu/c1-9(2,5-11)7(14)8(15)10-4-3-6(12)13;/h7,11,14H,3-5H2,1-2H3,(H,10,15)(H,12,13);/t7-;/m0./s1. The van der Waals surface area contributed by atoms with Crippen molar-refractivity contribution in [1.29, 1.82) is 0 Å². The first kappa shape index (κ1) is 17.8. The Kier molecular flexibility index (Phi) is 8.46. The number of carbonyl (C=O) groups excluding carboxylic acids is 1. The normalized spacial score (nSPS) is 12.5. The summed E-state index contributed by atoms with van der Waals surface area (Å²) in [5.74, 6) is -1.69. The van der Waals surface area contributed by atoms with Crippen LogP contribution in [-0.2, 0) is 26.7 Å². The van der Waals surface area contributed by atoms with Gasteiger partial charge < -0.3 is 20.6 Å². The molecule has 6 nitrogen and oxygen atoms in total. The molecule has 7 heteroatoms. The van der Waals surface area contributed by atoms with Gasteiger partial charge >= 0.3 is 5.97 Å². The number of nitrogens with one attached hydrogen (secondary N) is 1. The predicted octanol–water partition coefficient (Wildman–Crippen LogP) is -1.05. The van der Waals surface area contributed by atoms with Gasteiger partial charge in [0.15, 0.2) is 0 Å². The van der Waals surface area contributed by atoms with E-state index in [0.29, 0.717) is 0 Å². The van der Waals surface area contributed by atoms with E-state index in [-0.39, 0.29) is 36.6 Å². The Morgan fingerprint density at radius 2 is 1.88 bits per heavy atom. The van der Waals surface area contributed by atoms with E-state index in [9.17, 15) is 14.7 Å². The summed E-state index contributed by atoms with van der Waals surface area (Å²) in [6, 6.07) is 0. The zero-order valence-corrected chi connectivity index (χ0v) is 10.1. The van der Waals surface area contributed by atoms with E-state index < -0.39 is 23.4 Å². The summed E-state index contributed by atoms with van der Waals surface area (Å²) in [5, 5.41) is 29.0. The van der Waals surface area contributed by atoms with Crippen LogP contribution in [0.15, 0.2) is 0 Å². The Hall–Kier alpha value is -0.621. The molecule has 0 aromatic rings. The topological polar surface area (TPSA) is 107 Å². The molecule has 0 aliphatic heterocycles. The van der Waals surface area contributed by atoms with Crippen LogP contribution in [0.4, 0.5) is 0 Å². The van der Waals surface area contributed by atoms with Gasteiger partial charge in [-0.05, 0) is 0 Å². The van der Waals surface area contributed by atoms with E-state index in [1.54, 1.807) is 0 Å². The monoisotopic (exact) mass is 282 g/mol. The first-order valence-electron chi connectivity index (χ1n) is 4.59. The minimum Gasteiger partial charge on any atom is -0.481 e. The van der Waals surface area contributed by atoms with Gasteiger partial charge in [0.1, 0.15) is 6.10 Å². The molecule has 1 atom stereocenters. The molecule has 0 heterocycles. The minimum atomic E-state index is -1.35. The third-order valence-corrected chi connectivity index (χ3v) is 2.03. The maximum Gasteiger partial charge on any atom is 0.305 e. The van der Waals surface area contributed by atoms with Gasteiger partial charge in [-0.15, -0.1) is 0 Å². The fourth-order valence-electron chi connectivity index (χ4n) is 0.831. The van der Waals surface area contributed by atoms with Crippen molar-refractivity contribution < 1.29 is 42.0 Å². The Morgan fingerprint density at radius 3 is 2.25 bits per heavy atom. The number of hydrogen-bond acceptors (Lipinski definition) is 4. The SMILES string of the molecule is CC(C)(CO)[C@@H](O)C(=O)NCCC(=O)O.[Cu]. The van der Waals surface area contributed by atoms with Crippen molar-refractivity contribution in [3.8, 4) is 0 Å². The first-order chi connectivity index (χ1) is 6.81. The molecule has 4 N–H and O–H groups in total. The second-order valence-corrected chi connectivity index (χ2v) is 3.98. The van der Waals surface area contributed by atoms with Gasteiger partial charge in [0.25, 0.3) is 0 Å². The van der Waals surface area contributed by atoms with E-state index in [1.165, 1.54) is 13.8 Å². The van der Waals surface area contributed by atoms with Crippen LogP contribution in [0.5, 0.6) is 0 Å². The summed E-state index contributed by atoms with van der Waals surface area (Å²) in [7, 11) is 0. The van der Waals surface area contributed by atoms with Crippen LogP contribution in [0, 0.1) is 5.41 Å². The molecule has 0 aromatic carbocycles. The van der Waals surface area contributed by atoms with Gasteiger partial charge in [-0.25, -0.2) is 0 Å². The molecular formula is C9H17CuNO5. The summed E-state index contributed by atoms with van der Waals surface area (Å²) >= 11 is 0. The van der Waals surface area contributed by atoms with Crippen molar-refractivity contribution in [3.63, 3.8) is 0 Å². The number of carboxylic acids is 1. The van der Waals surface area contributed by atoms with E-state index in [1.807, 2.05) is 0 Å². The van der Waals surface area contributed by atoms with Crippen LogP contribution in [0.2, 0.25) is 0 Å². The number of carboxylic acid groups (broad SMARTS) is 1. The Morgan fingerprint density at radius 1 is 1.38 bits per heavy atom. The van der Waals surface area contributed by atoms with Crippen LogP contribution in [-0.4, -0.2) is 46.5 Å². The van der Waals surface area contributed by atoms with E-state index in [2.05, 4.69) is 5.32 Å². The van der Waals surface area contributed by atoms with Crippen LogP contribution >= 0.6 is 0 Å². The van der Waals surface area contributed by atoms with Gasteiger partial charge in [-0.2, -0.15) is 0 Å². The van der Waals surface area contributed by atoms with Gasteiger partial charge in [0.2, 0.25) is 5.91 Å². The molecule has 0 aliphatic carbocycles. The quantitative estimate of drug-likeness (QED) is 0.465. The Balaban J connectivity index is 0. The molecular weight excluding hydrogens is 266 g/mol. The number of aliphatic hydroxyl groups excluding tert-OH is 2. The van der Waals surface area contributed by atoms with Gasteiger partial charge in [-0.1, -0.05) is 13.8 Å². The summed E-state index contributed by atoms with van der Waals surface area (Å²) < 4.78 is 0. The maximum atomic E-state index is 11.3. The summed E-state index contributed by atoms with van der Waals surface area (Å²) in [5.41, 5.74) is -0.937. The fraction of sp³-hybridized carbons (Fsp3) is 0.778. The smallest absolute Gasteiger partial charge is 0.305 e. The van der Waals surface area contributed by atoms with Crippen molar-refractivity contribution in [3.05, 3.63) is 0 Å². The van der Waals surface area contributed by atoms with Crippen molar-refractivity contribution in [2.75, 3.05) is 13.2 Å². The van der Waals surface area contributed by atoms with Crippen LogP contribution in [0.25, 0.3) is 0 Å². The molecule has 0 fully saturated rings. The minimum absolute atomic E-state index is 0. The first-order valence-corrected chi connectivity index (χ1v) is 4.59. The van der Waals surface area contributed by atoms with Crippen LogP contribution < -0.4 is 5.32 Å². The van der Waals surface area contributed by atoms with Crippen molar-refractivity contribution >= 4 is 11.9 Å². The number of aliphatic carboxylic acids is 1. The molecule has 0 unspecified atom stereocenters. The summed E-state index contributed by atoms with van der Waals surface area (Å²) in [6.45, 7) is 2.70. The zero-order chi connectivity index (χ0) is 12.1. The Labute approximate surface area is 105 Å². The maximum absolute atomic E-state index is 11.3. The molecule has 0 rings (SSSR count). The average Bonchev–Trinajstić information content (AvgIpc) is 2.15. The van der Waals surface area contributed by atoms with Crippen molar-refractivity contribution in [1.82, 2.24) is 5.32 Å². The van der Waals surface area contributed by atoms with Crippen molar-refractivity contribution in [2.24, 2.45) is 5.41 Å². The number of hydrogen-bond donors (Lipinski definition) is 4. The third kappa shape index (κ3) is 6.07. The van der Waals surface area contributed by atoms with Gasteiger partial charge in [-0.3, -0.25) is 9.59 Å². The zero-order valence-electron chi connectivity index (χ0n) is 9.16. The summed E-state index contributed by atoms with van der Waals surface area (Å²) in [6.07, 6.45) is -1.55. The van der Waals surface area contributed by atoms with Crippen LogP contribution in [0.1, 0.15) is 20.3 Å². The van der Waals surface area contributed by atoms with Gasteiger partial charge in [0, 0.05) is 29.0 Å². The number of amides is 1. The van der Waals surface area contributed by atoms with E-state index in [0.717, 1.165) is 0 Å². The third-order valence-electron chi connectivity index (χ3n) is 2.03. The largest absolute Gasteiger partial charge is 0.481 e. The number of aliphatic hydroxyl groups is 2. The molecule has 0 saturated carbocycles. The number of carbonyl (C=O) groups is 2. The second kappa shape index (κ2) is 7.62. The molecule has 0 aromatic heterocycles. The molecule has 1 amide bonds. The molecule has 0 spiro atoms. The molecule has 0 bridgehead atoms. The number of rotatable bonds is 6. The predicted molar refractivity (Wildman–Crippen MR) is 52.1 cm³/mol. The van der Waals surface area contributed by atoms with E-state index in [4.69, 9.17) is 10.2 Å². The molecule has 0 saturated heterocycles. The molecule has 1 radical (unpaired) electrons. The molecule has 99 valence electrons. The summed E-state index contributed by atoms with van der Waals surface area (Å²) in [4.78, 5) is 21.4. The van der Waals surface area contributed by atoms with Crippen LogP contribution in [0.3, 0.4) is 0 Å². The average molecular weight is 283 g/mol. The van der Waals surface area contributed by atoms with Gasteiger partial charge in [0.05, 0.1) is 13.0 Å². The Bertz CT molecular complexity index is 244. The molecule has 16 heavy (non-hydrogen) atoms. The fourth-order valence-corrected chi connectivity index (χ4v) is 0.831. The molecule has 0 aliphatic rings. The van der Waals surface area contributed by atoms with E-state index >= 15 is 0 Å². The second-order valence-electron chi connectivity index (χ2n) is 3.98.